The molecule has 0 aromatic rings. The van der Waals surface area contributed by atoms with Crippen molar-refractivity contribution in [2.24, 2.45) is 0 Å². The van der Waals surface area contributed by atoms with Crippen LogP contribution in [-0.4, -0.2) is 13.7 Å². The fraction of sp³-hybridized carbons (Fsp3) is 1.00. The molecular formula is C8H26O. The molecule has 0 bridgehead atoms. The van der Waals surface area contributed by atoms with Gasteiger partial charge < -0.3 is 4.74 Å². The maximum atomic E-state index is 4.69. The summed E-state index contributed by atoms with van der Waals surface area (Å²) in [5, 5.41) is 0. The zero-order valence-electron chi connectivity index (χ0n) is 3.82. The van der Waals surface area contributed by atoms with E-state index >= 15 is 0 Å². The van der Waals surface area contributed by atoms with E-state index in [2.05, 4.69) is 6.92 Å². The molecule has 64 valence electrons. The Hall–Kier alpha value is -0.0400. The fourth-order valence-electron chi connectivity index (χ4n) is 0.204. The van der Waals surface area contributed by atoms with Gasteiger partial charge in [-0.3, -0.25) is 0 Å². The van der Waals surface area contributed by atoms with Gasteiger partial charge in [-0.1, -0.05) is 36.6 Å². The lowest BCUT2D eigenvalue weighted by Gasteiger charge is -1.84. The van der Waals surface area contributed by atoms with E-state index in [9.17, 15) is 0 Å². The molecule has 0 saturated carbocycles. The number of hydrogen-bond donors (Lipinski definition) is 0. The fourth-order valence-corrected chi connectivity index (χ4v) is 0.204. The Morgan fingerprint density at radius 2 is 1.33 bits per heavy atom. The number of methoxy groups -OCH3 is 1. The Balaban J connectivity index is -0.0000000133. The summed E-state index contributed by atoms with van der Waals surface area (Å²) < 4.78 is 4.69. The lowest BCUT2D eigenvalue weighted by Crippen LogP contribution is -1.80. The molecule has 0 fully saturated rings. The van der Waals surface area contributed by atoms with Crippen LogP contribution in [-0.2, 0) is 4.74 Å². The summed E-state index contributed by atoms with van der Waals surface area (Å²) in [5.41, 5.74) is 0. The summed E-state index contributed by atoms with van der Waals surface area (Å²) in [4.78, 5) is 0. The minimum atomic E-state index is 0. The van der Waals surface area contributed by atoms with Crippen molar-refractivity contribution in [3.05, 3.63) is 0 Å². The molecule has 1 heteroatoms. The Morgan fingerprint density at radius 3 is 1.33 bits per heavy atom. The monoisotopic (exact) mass is 138 g/mol. The van der Waals surface area contributed by atoms with Gasteiger partial charge in [0.05, 0.1) is 0 Å². The average Bonchev–Trinajstić information content (AvgIpc) is 1.41. The van der Waals surface area contributed by atoms with Crippen LogP contribution in [0.15, 0.2) is 0 Å². The first kappa shape index (κ1) is 36.2. The van der Waals surface area contributed by atoms with Crippen LogP contribution >= 0.6 is 0 Å². The molecule has 0 aliphatic rings. The highest BCUT2D eigenvalue weighted by Crippen LogP contribution is 1.70. The Bertz CT molecular complexity index is 12.0. The highest BCUT2D eigenvalue weighted by molar-refractivity contribution is 4.15. The van der Waals surface area contributed by atoms with Gasteiger partial charge in [-0.25, -0.2) is 0 Å². The molecule has 0 amide bonds. The van der Waals surface area contributed by atoms with E-state index in [1.807, 2.05) is 0 Å². The molecule has 0 aliphatic carbocycles. The predicted octanol–water partition coefficient (Wildman–Crippen LogP) is 3.59. The molecule has 0 saturated heterocycles. The molecule has 0 aromatic heterocycles. The number of ether oxygens (including phenoxy) is 1. The normalized spacial score (nSPS) is 4.67. The van der Waals surface area contributed by atoms with Crippen LogP contribution in [0.25, 0.3) is 0 Å². The lowest BCUT2D eigenvalue weighted by atomic mass is 10.5. The second kappa shape index (κ2) is 44.0. The first-order valence-corrected chi connectivity index (χ1v) is 1.90. The van der Waals surface area contributed by atoms with Crippen molar-refractivity contribution in [1.82, 2.24) is 0 Å². The molecule has 0 spiro atoms. The summed E-state index contributed by atoms with van der Waals surface area (Å²) in [5.74, 6) is 0. The molecule has 1 nitrogen and oxygen atoms in total. The zero-order valence-corrected chi connectivity index (χ0v) is 3.82. The van der Waals surface area contributed by atoms with Crippen molar-refractivity contribution in [1.29, 1.82) is 0 Å². The van der Waals surface area contributed by atoms with E-state index in [1.54, 1.807) is 7.11 Å². The third-order valence-corrected chi connectivity index (χ3v) is 0.408. The summed E-state index contributed by atoms with van der Waals surface area (Å²) in [6.07, 6.45) is 1.12. The van der Waals surface area contributed by atoms with Crippen LogP contribution in [0.5, 0.6) is 0 Å². The third-order valence-electron chi connectivity index (χ3n) is 0.408. The quantitative estimate of drug-likeness (QED) is 0.566. The maximum absolute atomic E-state index is 4.69. The Morgan fingerprint density at radius 1 is 1.00 bits per heavy atom. The van der Waals surface area contributed by atoms with Crippen LogP contribution in [0.1, 0.15) is 43.1 Å². The second-order valence-corrected chi connectivity index (χ2v) is 0.993. The summed E-state index contributed by atoms with van der Waals surface area (Å²) in [7, 11) is 1.71. The van der Waals surface area contributed by atoms with Gasteiger partial charge in [0.25, 0.3) is 0 Å². The van der Waals surface area contributed by atoms with Gasteiger partial charge in [-0.2, -0.15) is 0 Å². The van der Waals surface area contributed by atoms with Gasteiger partial charge in [0, 0.05) is 13.7 Å². The van der Waals surface area contributed by atoms with Gasteiger partial charge >= 0.3 is 0 Å². The minimum Gasteiger partial charge on any atom is -0.385 e. The third kappa shape index (κ3) is 73.6. The Labute approximate surface area is 62.4 Å². The van der Waals surface area contributed by atoms with Crippen LogP contribution in [0.3, 0.4) is 0 Å². The average molecular weight is 138 g/mol. The number of hydrogen-bond acceptors (Lipinski definition) is 1. The topological polar surface area (TPSA) is 9.23 Å². The maximum Gasteiger partial charge on any atom is 0.0459 e. The first-order chi connectivity index (χ1) is 2.41. The van der Waals surface area contributed by atoms with E-state index in [-0.39, 0.29) is 29.7 Å². The molecule has 0 heterocycles. The molecule has 0 N–H and O–H groups in total. The van der Waals surface area contributed by atoms with Gasteiger partial charge in [0.15, 0.2) is 0 Å². The summed E-state index contributed by atoms with van der Waals surface area (Å²) in [6.45, 7) is 2.98. The largest absolute Gasteiger partial charge is 0.385 e. The van der Waals surface area contributed by atoms with Crippen LogP contribution in [0.2, 0.25) is 0 Å². The van der Waals surface area contributed by atoms with E-state index < -0.39 is 0 Å². The van der Waals surface area contributed by atoms with E-state index in [0.29, 0.717) is 0 Å². The van der Waals surface area contributed by atoms with Crippen LogP contribution in [0, 0.1) is 0 Å². The van der Waals surface area contributed by atoms with Crippen LogP contribution in [0.4, 0.5) is 0 Å². The number of rotatable bonds is 2. The molecule has 0 unspecified atom stereocenters. The molecule has 9 heavy (non-hydrogen) atoms. The van der Waals surface area contributed by atoms with Gasteiger partial charge in [-0.15, -0.1) is 0 Å². The van der Waals surface area contributed by atoms with Crippen molar-refractivity contribution in [3.63, 3.8) is 0 Å². The zero-order chi connectivity index (χ0) is 4.12. The molecule has 0 atom stereocenters. The molecule has 0 aromatic carbocycles. The van der Waals surface area contributed by atoms with Crippen molar-refractivity contribution in [3.8, 4) is 0 Å². The predicted molar refractivity (Wildman–Crippen MR) is 49.1 cm³/mol. The highest BCUT2D eigenvalue weighted by Gasteiger charge is 1.66. The smallest absolute Gasteiger partial charge is 0.0459 e. The molecule has 0 rings (SSSR count). The van der Waals surface area contributed by atoms with E-state index in [4.69, 9.17) is 4.74 Å². The first-order valence-electron chi connectivity index (χ1n) is 1.90. The lowest BCUT2D eigenvalue weighted by molar-refractivity contribution is 0.199. The van der Waals surface area contributed by atoms with E-state index in [0.717, 1.165) is 13.0 Å². The Kier molecular flexibility index (Phi) is 177. The molecule has 0 radical (unpaired) electrons. The van der Waals surface area contributed by atoms with Gasteiger partial charge in [0.2, 0.25) is 0 Å². The van der Waals surface area contributed by atoms with Crippen LogP contribution < -0.4 is 0 Å². The van der Waals surface area contributed by atoms with Crippen molar-refractivity contribution >= 4 is 0 Å². The summed E-state index contributed by atoms with van der Waals surface area (Å²) >= 11 is 0. The van der Waals surface area contributed by atoms with Gasteiger partial charge in [-0.05, 0) is 6.42 Å². The van der Waals surface area contributed by atoms with Crippen molar-refractivity contribution in [2.75, 3.05) is 13.7 Å². The van der Waals surface area contributed by atoms with Gasteiger partial charge in [0.1, 0.15) is 0 Å². The second-order valence-electron chi connectivity index (χ2n) is 0.993. The van der Waals surface area contributed by atoms with E-state index in [1.165, 1.54) is 0 Å². The SMILES string of the molecule is C.C.C.C.CCCOC. The van der Waals surface area contributed by atoms with Crippen molar-refractivity contribution < 1.29 is 4.74 Å². The highest BCUT2D eigenvalue weighted by atomic mass is 16.5. The minimum absolute atomic E-state index is 0. The molecule has 0 aliphatic heterocycles. The molecular weight excluding hydrogens is 112 g/mol. The summed E-state index contributed by atoms with van der Waals surface area (Å²) in [6, 6.07) is 0. The van der Waals surface area contributed by atoms with Crippen molar-refractivity contribution in [2.45, 2.75) is 43.1 Å². The standard InChI is InChI=1S/C4H10O.4CH4/c1-3-4-5-2;;;;/h3-4H2,1-2H3;4*1H4.